The van der Waals surface area contributed by atoms with Gasteiger partial charge in [-0.05, 0) is 19.3 Å². The van der Waals surface area contributed by atoms with Crippen LogP contribution in [-0.4, -0.2) is 29.2 Å². The Morgan fingerprint density at radius 2 is 2.28 bits per heavy atom. The molecule has 0 bridgehead atoms. The van der Waals surface area contributed by atoms with Crippen molar-refractivity contribution >= 4 is 11.6 Å². The quantitative estimate of drug-likeness (QED) is 0.855. The van der Waals surface area contributed by atoms with Crippen molar-refractivity contribution in [1.29, 1.82) is 0 Å². The van der Waals surface area contributed by atoms with Gasteiger partial charge >= 0.3 is 0 Å². The summed E-state index contributed by atoms with van der Waals surface area (Å²) in [5, 5.41) is 3.40. The first kappa shape index (κ1) is 13.1. The molecule has 3 N–H and O–H groups in total. The third-order valence-electron chi connectivity index (χ3n) is 3.56. The summed E-state index contributed by atoms with van der Waals surface area (Å²) in [5.41, 5.74) is 6.92. The van der Waals surface area contributed by atoms with Crippen molar-refractivity contribution in [3.8, 4) is 0 Å². The third-order valence-corrected chi connectivity index (χ3v) is 3.56. The lowest BCUT2D eigenvalue weighted by atomic mass is 10.0. The van der Waals surface area contributed by atoms with Gasteiger partial charge in [-0.25, -0.2) is 9.97 Å². The number of rotatable bonds is 4. The van der Waals surface area contributed by atoms with E-state index in [9.17, 15) is 0 Å². The van der Waals surface area contributed by atoms with Gasteiger partial charge in [0.1, 0.15) is 18.0 Å². The predicted octanol–water partition coefficient (Wildman–Crippen LogP) is 2.02. The lowest BCUT2D eigenvalue weighted by Crippen LogP contribution is -2.22. The molecule has 1 fully saturated rings. The second-order valence-electron chi connectivity index (χ2n) is 5.18. The Morgan fingerprint density at radius 3 is 2.89 bits per heavy atom. The number of hydrogen-bond acceptors (Lipinski definition) is 5. The van der Waals surface area contributed by atoms with Crippen LogP contribution in [0.2, 0.25) is 0 Å². The Morgan fingerprint density at radius 1 is 1.50 bits per heavy atom. The van der Waals surface area contributed by atoms with Crippen LogP contribution in [0.4, 0.5) is 11.6 Å². The Hall–Kier alpha value is -1.36. The minimum absolute atomic E-state index is 0.311. The van der Waals surface area contributed by atoms with Crippen LogP contribution in [0.5, 0.6) is 0 Å². The van der Waals surface area contributed by atoms with E-state index in [1.54, 1.807) is 0 Å². The number of nitrogen functional groups attached to an aromatic ring is 1. The van der Waals surface area contributed by atoms with E-state index in [2.05, 4.69) is 36.1 Å². The van der Waals surface area contributed by atoms with E-state index in [4.69, 9.17) is 10.5 Å². The number of nitrogens with two attached hydrogens (primary N) is 1. The van der Waals surface area contributed by atoms with Crippen LogP contribution in [0.25, 0.3) is 0 Å². The number of aromatic nitrogens is 2. The minimum atomic E-state index is 0.311. The molecule has 1 aromatic heterocycles. The summed E-state index contributed by atoms with van der Waals surface area (Å²) in [6.45, 7) is 8.05. The lowest BCUT2D eigenvalue weighted by Gasteiger charge is -2.18. The number of ether oxygens (including phenoxy) is 1. The minimum Gasteiger partial charge on any atom is -0.383 e. The molecule has 0 radical (unpaired) electrons. The smallest absolute Gasteiger partial charge is 0.134 e. The molecule has 2 heterocycles. The maximum absolute atomic E-state index is 5.92. The van der Waals surface area contributed by atoms with Gasteiger partial charge in [0, 0.05) is 24.6 Å². The van der Waals surface area contributed by atoms with Crippen LogP contribution >= 0.6 is 0 Å². The van der Waals surface area contributed by atoms with Gasteiger partial charge in [0.05, 0.1) is 6.10 Å². The van der Waals surface area contributed by atoms with Crippen molar-refractivity contribution in [2.45, 2.75) is 39.2 Å². The van der Waals surface area contributed by atoms with E-state index in [1.165, 1.54) is 6.33 Å². The molecule has 0 aromatic carbocycles. The van der Waals surface area contributed by atoms with Crippen molar-refractivity contribution < 1.29 is 4.74 Å². The summed E-state index contributed by atoms with van der Waals surface area (Å²) < 4.78 is 5.56. The number of nitrogens with one attached hydrogen (secondary N) is 1. The van der Waals surface area contributed by atoms with Crippen molar-refractivity contribution in [2.75, 3.05) is 24.2 Å². The molecule has 2 unspecified atom stereocenters. The largest absolute Gasteiger partial charge is 0.383 e. The molecule has 1 aliphatic rings. The van der Waals surface area contributed by atoms with Crippen LogP contribution in [0, 0.1) is 5.92 Å². The Labute approximate surface area is 108 Å². The van der Waals surface area contributed by atoms with Crippen LogP contribution < -0.4 is 11.1 Å². The molecule has 1 aromatic rings. The van der Waals surface area contributed by atoms with E-state index in [0.29, 0.717) is 23.8 Å². The summed E-state index contributed by atoms with van der Waals surface area (Å²) >= 11 is 0. The fourth-order valence-corrected chi connectivity index (χ4v) is 2.39. The Bertz CT molecular complexity index is 408. The summed E-state index contributed by atoms with van der Waals surface area (Å²) in [7, 11) is 0. The van der Waals surface area contributed by atoms with Gasteiger partial charge in [0.25, 0.3) is 0 Å². The zero-order valence-corrected chi connectivity index (χ0v) is 11.3. The molecule has 1 saturated heterocycles. The SMILES string of the molecule is CC(C)c1c(N)ncnc1NCC1CCOC1C. The first-order chi connectivity index (χ1) is 8.59. The fourth-order valence-electron chi connectivity index (χ4n) is 2.39. The van der Waals surface area contributed by atoms with E-state index >= 15 is 0 Å². The molecule has 100 valence electrons. The average Bonchev–Trinajstić information content (AvgIpc) is 2.71. The first-order valence-corrected chi connectivity index (χ1v) is 6.55. The van der Waals surface area contributed by atoms with Gasteiger partial charge in [-0.1, -0.05) is 13.8 Å². The van der Waals surface area contributed by atoms with Gasteiger partial charge in [-0.15, -0.1) is 0 Å². The standard InChI is InChI=1S/C13H22N4O/c1-8(2)11-12(14)16-7-17-13(11)15-6-10-4-5-18-9(10)3/h7-10H,4-6H2,1-3H3,(H3,14,15,16,17). The molecule has 2 atom stereocenters. The van der Waals surface area contributed by atoms with Crippen molar-refractivity contribution in [3.63, 3.8) is 0 Å². The highest BCUT2D eigenvalue weighted by atomic mass is 16.5. The van der Waals surface area contributed by atoms with Crippen molar-refractivity contribution in [3.05, 3.63) is 11.9 Å². The zero-order valence-electron chi connectivity index (χ0n) is 11.3. The van der Waals surface area contributed by atoms with Crippen molar-refractivity contribution in [1.82, 2.24) is 9.97 Å². The average molecular weight is 250 g/mol. The molecule has 18 heavy (non-hydrogen) atoms. The van der Waals surface area contributed by atoms with Crippen LogP contribution in [0.3, 0.4) is 0 Å². The van der Waals surface area contributed by atoms with Gasteiger partial charge in [-0.3, -0.25) is 0 Å². The topological polar surface area (TPSA) is 73.1 Å². The Balaban J connectivity index is 2.07. The number of hydrogen-bond donors (Lipinski definition) is 2. The lowest BCUT2D eigenvalue weighted by molar-refractivity contribution is 0.108. The molecule has 0 amide bonds. The van der Waals surface area contributed by atoms with Gasteiger partial charge in [0.2, 0.25) is 0 Å². The second-order valence-corrected chi connectivity index (χ2v) is 5.18. The molecular formula is C13H22N4O. The second kappa shape index (κ2) is 5.52. The molecule has 0 aliphatic carbocycles. The zero-order chi connectivity index (χ0) is 13.1. The first-order valence-electron chi connectivity index (χ1n) is 6.55. The molecule has 1 aliphatic heterocycles. The van der Waals surface area contributed by atoms with Gasteiger partial charge in [-0.2, -0.15) is 0 Å². The van der Waals surface area contributed by atoms with Gasteiger partial charge in [0.15, 0.2) is 0 Å². The molecule has 5 nitrogen and oxygen atoms in total. The van der Waals surface area contributed by atoms with Gasteiger partial charge < -0.3 is 15.8 Å². The van der Waals surface area contributed by atoms with Crippen LogP contribution in [-0.2, 0) is 4.74 Å². The van der Waals surface area contributed by atoms with Crippen LogP contribution in [0.1, 0.15) is 38.7 Å². The Kier molecular flexibility index (Phi) is 4.01. The van der Waals surface area contributed by atoms with E-state index in [1.807, 2.05) is 0 Å². The molecular weight excluding hydrogens is 228 g/mol. The molecule has 0 saturated carbocycles. The maximum Gasteiger partial charge on any atom is 0.134 e. The van der Waals surface area contributed by atoms with E-state index < -0.39 is 0 Å². The molecule has 0 spiro atoms. The predicted molar refractivity (Wildman–Crippen MR) is 72.5 cm³/mol. The van der Waals surface area contributed by atoms with Crippen LogP contribution in [0.15, 0.2) is 6.33 Å². The highest BCUT2D eigenvalue weighted by Gasteiger charge is 2.24. The van der Waals surface area contributed by atoms with Crippen molar-refractivity contribution in [2.24, 2.45) is 5.92 Å². The van der Waals surface area contributed by atoms with E-state index in [-0.39, 0.29) is 0 Å². The summed E-state index contributed by atoms with van der Waals surface area (Å²) in [6, 6.07) is 0. The highest BCUT2D eigenvalue weighted by molar-refractivity contribution is 5.56. The third kappa shape index (κ3) is 2.72. The fraction of sp³-hybridized carbons (Fsp3) is 0.692. The maximum atomic E-state index is 5.92. The molecule has 5 heteroatoms. The monoisotopic (exact) mass is 250 g/mol. The number of nitrogens with zero attached hydrogens (tertiary/aromatic N) is 2. The molecule has 2 rings (SSSR count). The summed E-state index contributed by atoms with van der Waals surface area (Å²) in [6.07, 6.45) is 2.93. The summed E-state index contributed by atoms with van der Waals surface area (Å²) in [5.74, 6) is 2.28. The normalized spacial score (nSPS) is 23.6. The van der Waals surface area contributed by atoms with E-state index in [0.717, 1.165) is 31.0 Å². The highest BCUT2D eigenvalue weighted by Crippen LogP contribution is 2.27. The number of anilines is 2. The summed E-state index contributed by atoms with van der Waals surface area (Å²) in [4.78, 5) is 8.36.